The number of rotatable bonds is 6. The van der Waals surface area contributed by atoms with Crippen LogP contribution in [-0.4, -0.2) is 26.8 Å². The molecule has 0 saturated carbocycles. The van der Waals surface area contributed by atoms with Crippen LogP contribution in [0.1, 0.15) is 19.5 Å². The third-order valence-electron chi connectivity index (χ3n) is 3.83. The van der Waals surface area contributed by atoms with Gasteiger partial charge >= 0.3 is 0 Å². The Bertz CT molecular complexity index is 1100. The molecule has 0 aliphatic carbocycles. The van der Waals surface area contributed by atoms with Gasteiger partial charge in [0.2, 0.25) is 4.80 Å². The summed E-state index contributed by atoms with van der Waals surface area (Å²) in [7, 11) is 0. The van der Waals surface area contributed by atoms with Gasteiger partial charge in [0, 0.05) is 29.3 Å². The van der Waals surface area contributed by atoms with Crippen molar-refractivity contribution in [2.45, 2.75) is 13.8 Å². The number of benzene rings is 1. The normalized spacial score (nSPS) is 12.2. The average molecular weight is 393 g/mol. The van der Waals surface area contributed by atoms with Crippen LogP contribution < -0.4 is 4.80 Å². The standard InChI is InChI=1S/C20H19N5O2S/c1-14(2)12-22-20-24(23-15(3)18-6-4-5-11-21-18)19(13-28-20)16-7-9-17(10-8-16)25(26)27/h4-11,13H,1,12H2,2-3H3. The van der Waals surface area contributed by atoms with Gasteiger partial charge in [0.05, 0.1) is 28.6 Å². The second kappa shape index (κ2) is 8.53. The molecule has 0 spiro atoms. The Morgan fingerprint density at radius 2 is 2.00 bits per heavy atom. The van der Waals surface area contributed by atoms with E-state index in [0.29, 0.717) is 11.3 Å². The highest BCUT2D eigenvalue weighted by Crippen LogP contribution is 2.23. The van der Waals surface area contributed by atoms with E-state index in [4.69, 9.17) is 5.10 Å². The lowest BCUT2D eigenvalue weighted by Crippen LogP contribution is -2.15. The zero-order chi connectivity index (χ0) is 20.1. The van der Waals surface area contributed by atoms with Gasteiger partial charge in [0.1, 0.15) is 0 Å². The fourth-order valence-electron chi connectivity index (χ4n) is 2.44. The number of aromatic nitrogens is 2. The van der Waals surface area contributed by atoms with E-state index in [9.17, 15) is 10.1 Å². The highest BCUT2D eigenvalue weighted by atomic mass is 32.1. The summed E-state index contributed by atoms with van der Waals surface area (Å²) in [6, 6.07) is 12.0. The number of pyridine rings is 1. The van der Waals surface area contributed by atoms with Crippen molar-refractivity contribution in [2.24, 2.45) is 10.1 Å². The molecule has 2 heterocycles. The summed E-state index contributed by atoms with van der Waals surface area (Å²) < 4.78 is 1.75. The van der Waals surface area contributed by atoms with Crippen molar-refractivity contribution >= 4 is 22.7 Å². The molecule has 0 atom stereocenters. The zero-order valence-corrected chi connectivity index (χ0v) is 16.4. The van der Waals surface area contributed by atoms with Crippen LogP contribution in [0.15, 0.2) is 76.3 Å². The molecule has 1 aromatic carbocycles. The summed E-state index contributed by atoms with van der Waals surface area (Å²) in [4.78, 5) is 20.1. The Balaban J connectivity index is 2.12. The minimum atomic E-state index is -0.414. The van der Waals surface area contributed by atoms with E-state index >= 15 is 0 Å². The predicted molar refractivity (Wildman–Crippen MR) is 111 cm³/mol. The van der Waals surface area contributed by atoms with Crippen molar-refractivity contribution in [2.75, 3.05) is 6.54 Å². The maximum absolute atomic E-state index is 10.9. The molecule has 142 valence electrons. The van der Waals surface area contributed by atoms with E-state index in [1.807, 2.05) is 37.4 Å². The van der Waals surface area contributed by atoms with Gasteiger partial charge in [-0.15, -0.1) is 11.3 Å². The van der Waals surface area contributed by atoms with Gasteiger partial charge in [-0.25, -0.2) is 4.68 Å². The van der Waals surface area contributed by atoms with Gasteiger partial charge in [-0.3, -0.25) is 20.1 Å². The molecule has 0 N–H and O–H groups in total. The lowest BCUT2D eigenvalue weighted by molar-refractivity contribution is -0.384. The van der Waals surface area contributed by atoms with E-state index in [1.165, 1.54) is 23.5 Å². The number of non-ortho nitro benzene ring substituents is 1. The maximum Gasteiger partial charge on any atom is 0.269 e. The van der Waals surface area contributed by atoms with Crippen molar-refractivity contribution in [3.05, 3.63) is 86.8 Å². The maximum atomic E-state index is 10.9. The van der Waals surface area contributed by atoms with E-state index < -0.39 is 4.92 Å². The summed E-state index contributed by atoms with van der Waals surface area (Å²) in [5.74, 6) is 0. The van der Waals surface area contributed by atoms with Crippen LogP contribution >= 0.6 is 11.3 Å². The van der Waals surface area contributed by atoms with Crippen LogP contribution in [0.25, 0.3) is 11.3 Å². The smallest absolute Gasteiger partial charge is 0.258 e. The largest absolute Gasteiger partial charge is 0.269 e. The van der Waals surface area contributed by atoms with Crippen molar-refractivity contribution in [1.82, 2.24) is 9.66 Å². The SMILES string of the molecule is C=C(C)CN=c1scc(-c2ccc([N+](=O)[O-])cc2)n1N=C(C)c1ccccn1. The van der Waals surface area contributed by atoms with E-state index in [2.05, 4.69) is 16.6 Å². The van der Waals surface area contributed by atoms with Crippen molar-refractivity contribution in [1.29, 1.82) is 0 Å². The number of nitro benzene ring substituents is 1. The molecule has 0 aliphatic rings. The van der Waals surface area contributed by atoms with E-state index in [-0.39, 0.29) is 5.69 Å². The number of hydrogen-bond acceptors (Lipinski definition) is 6. The minimum Gasteiger partial charge on any atom is -0.258 e. The Hall–Kier alpha value is -3.39. The molecule has 3 rings (SSSR count). The summed E-state index contributed by atoms with van der Waals surface area (Å²) >= 11 is 1.45. The Morgan fingerprint density at radius 3 is 2.61 bits per heavy atom. The first kappa shape index (κ1) is 19.4. The molecule has 0 amide bonds. The van der Waals surface area contributed by atoms with Crippen LogP contribution in [0.4, 0.5) is 5.69 Å². The van der Waals surface area contributed by atoms with Gasteiger partial charge in [0.25, 0.3) is 5.69 Å². The average Bonchev–Trinajstić information content (AvgIpc) is 3.09. The van der Waals surface area contributed by atoms with Crippen molar-refractivity contribution in [3.63, 3.8) is 0 Å². The topological polar surface area (TPSA) is 85.7 Å². The first-order valence-corrected chi connectivity index (χ1v) is 9.41. The number of thiazole rings is 1. The van der Waals surface area contributed by atoms with Crippen LogP contribution in [0.2, 0.25) is 0 Å². The number of nitrogens with zero attached hydrogens (tertiary/aromatic N) is 5. The van der Waals surface area contributed by atoms with Crippen LogP contribution in [-0.2, 0) is 0 Å². The monoisotopic (exact) mass is 393 g/mol. The molecule has 2 aromatic heterocycles. The van der Waals surface area contributed by atoms with E-state index in [1.54, 1.807) is 23.0 Å². The Kier molecular flexibility index (Phi) is 5.90. The molecular formula is C20H19N5O2S. The highest BCUT2D eigenvalue weighted by Gasteiger charge is 2.11. The molecule has 0 aliphatic heterocycles. The summed E-state index contributed by atoms with van der Waals surface area (Å²) in [5, 5.41) is 17.6. The molecule has 0 fully saturated rings. The number of hydrogen-bond donors (Lipinski definition) is 0. The number of nitro groups is 1. The first-order valence-electron chi connectivity index (χ1n) is 8.53. The fraction of sp³-hybridized carbons (Fsp3) is 0.150. The fourth-order valence-corrected chi connectivity index (χ4v) is 3.27. The molecule has 0 unspecified atom stereocenters. The Labute approximate surface area is 166 Å². The summed E-state index contributed by atoms with van der Waals surface area (Å²) in [5.41, 5.74) is 4.11. The molecule has 0 radical (unpaired) electrons. The van der Waals surface area contributed by atoms with Gasteiger partial charge in [-0.2, -0.15) is 5.10 Å². The molecule has 3 aromatic rings. The van der Waals surface area contributed by atoms with Gasteiger partial charge in [-0.05, 0) is 38.1 Å². The van der Waals surface area contributed by atoms with Crippen LogP contribution in [0, 0.1) is 10.1 Å². The lowest BCUT2D eigenvalue weighted by Gasteiger charge is -2.06. The van der Waals surface area contributed by atoms with Crippen LogP contribution in [0.5, 0.6) is 0 Å². The molecule has 0 saturated heterocycles. The molecule has 28 heavy (non-hydrogen) atoms. The molecule has 8 heteroatoms. The lowest BCUT2D eigenvalue weighted by atomic mass is 10.1. The van der Waals surface area contributed by atoms with Gasteiger partial charge in [0.15, 0.2) is 0 Å². The van der Waals surface area contributed by atoms with Crippen molar-refractivity contribution in [3.8, 4) is 11.3 Å². The quantitative estimate of drug-likeness (QED) is 0.271. The van der Waals surface area contributed by atoms with Gasteiger partial charge < -0.3 is 0 Å². The second-order valence-corrected chi connectivity index (χ2v) is 7.03. The van der Waals surface area contributed by atoms with Gasteiger partial charge in [-0.1, -0.05) is 18.2 Å². The molecular weight excluding hydrogens is 374 g/mol. The van der Waals surface area contributed by atoms with E-state index in [0.717, 1.165) is 28.2 Å². The van der Waals surface area contributed by atoms with Crippen LogP contribution in [0.3, 0.4) is 0 Å². The predicted octanol–water partition coefficient (Wildman–Crippen LogP) is 4.27. The highest BCUT2D eigenvalue weighted by molar-refractivity contribution is 7.07. The zero-order valence-electron chi connectivity index (χ0n) is 15.6. The Morgan fingerprint density at radius 1 is 1.25 bits per heavy atom. The third-order valence-corrected chi connectivity index (χ3v) is 4.68. The third kappa shape index (κ3) is 4.47. The molecule has 0 bridgehead atoms. The summed E-state index contributed by atoms with van der Waals surface area (Å²) in [6.45, 7) is 8.19. The second-order valence-electron chi connectivity index (χ2n) is 6.19. The minimum absolute atomic E-state index is 0.0471. The molecule has 7 nitrogen and oxygen atoms in total. The van der Waals surface area contributed by atoms with Crippen molar-refractivity contribution < 1.29 is 4.92 Å². The first-order chi connectivity index (χ1) is 13.5. The summed E-state index contributed by atoms with van der Waals surface area (Å²) in [6.07, 6.45) is 1.72.